The molecule has 0 saturated carbocycles. The summed E-state index contributed by atoms with van der Waals surface area (Å²) in [6.45, 7) is 3.24. The third kappa shape index (κ3) is 6.02. The number of hydrogen-bond acceptors (Lipinski definition) is 4. The van der Waals surface area contributed by atoms with Gasteiger partial charge in [0.25, 0.3) is 0 Å². The first-order chi connectivity index (χ1) is 12.0. The molecular weight excluding hydrogens is 332 g/mol. The van der Waals surface area contributed by atoms with E-state index < -0.39 is 0 Å². The van der Waals surface area contributed by atoms with Crippen LogP contribution >= 0.6 is 11.8 Å². The van der Waals surface area contributed by atoms with Crippen molar-refractivity contribution in [2.75, 3.05) is 38.4 Å². The van der Waals surface area contributed by atoms with E-state index in [1.165, 1.54) is 0 Å². The lowest BCUT2D eigenvalue weighted by Crippen LogP contribution is -2.27. The number of amides is 1. The standard InChI is InChI=1S/C20H26N2O2S/c1-5-24-18-10-12-19(13-11-18)25-15-20(23)22(4)14-16-6-8-17(9-7-16)21(2)3/h6-13H,5,14-15H2,1-4H3. The van der Waals surface area contributed by atoms with Crippen LogP contribution in [0.3, 0.4) is 0 Å². The number of rotatable bonds is 8. The van der Waals surface area contributed by atoms with Gasteiger partial charge in [-0.2, -0.15) is 0 Å². The molecule has 2 aromatic carbocycles. The number of nitrogens with zero attached hydrogens (tertiary/aromatic N) is 2. The summed E-state index contributed by atoms with van der Waals surface area (Å²) >= 11 is 1.55. The van der Waals surface area contributed by atoms with Crippen LogP contribution in [0.1, 0.15) is 12.5 Å². The van der Waals surface area contributed by atoms with Crippen LogP contribution in [0, 0.1) is 0 Å². The Hall–Kier alpha value is -2.14. The van der Waals surface area contributed by atoms with Crippen molar-refractivity contribution in [2.24, 2.45) is 0 Å². The molecule has 0 spiro atoms. The molecule has 2 rings (SSSR count). The van der Waals surface area contributed by atoms with Gasteiger partial charge in [0.05, 0.1) is 12.4 Å². The highest BCUT2D eigenvalue weighted by atomic mass is 32.2. The Balaban J connectivity index is 1.83. The van der Waals surface area contributed by atoms with Gasteiger partial charge in [-0.15, -0.1) is 11.8 Å². The molecule has 0 N–H and O–H groups in total. The second-order valence-electron chi connectivity index (χ2n) is 6.00. The summed E-state index contributed by atoms with van der Waals surface area (Å²) in [6.07, 6.45) is 0. The maximum atomic E-state index is 12.3. The number of anilines is 1. The van der Waals surface area contributed by atoms with Gasteiger partial charge in [-0.25, -0.2) is 0 Å². The maximum Gasteiger partial charge on any atom is 0.232 e. The fourth-order valence-corrected chi connectivity index (χ4v) is 3.15. The molecule has 134 valence electrons. The van der Waals surface area contributed by atoms with Crippen molar-refractivity contribution in [1.82, 2.24) is 4.90 Å². The molecule has 0 atom stereocenters. The van der Waals surface area contributed by atoms with Crippen LogP contribution in [0.4, 0.5) is 5.69 Å². The Kier molecular flexibility index (Phi) is 7.19. The topological polar surface area (TPSA) is 32.8 Å². The van der Waals surface area contributed by atoms with Crippen LogP contribution in [-0.2, 0) is 11.3 Å². The summed E-state index contributed by atoms with van der Waals surface area (Å²) in [6, 6.07) is 16.1. The average molecular weight is 359 g/mol. The normalized spacial score (nSPS) is 10.4. The second-order valence-corrected chi connectivity index (χ2v) is 7.05. The number of hydrogen-bond donors (Lipinski definition) is 0. The Morgan fingerprint density at radius 3 is 2.20 bits per heavy atom. The predicted octanol–water partition coefficient (Wildman–Crippen LogP) is 3.90. The van der Waals surface area contributed by atoms with E-state index in [1.54, 1.807) is 16.7 Å². The Morgan fingerprint density at radius 2 is 1.64 bits per heavy atom. The molecule has 0 saturated heterocycles. The molecule has 0 aliphatic carbocycles. The second kappa shape index (κ2) is 9.37. The van der Waals surface area contributed by atoms with Gasteiger partial charge < -0.3 is 14.5 Å². The zero-order valence-electron chi connectivity index (χ0n) is 15.4. The average Bonchev–Trinajstić information content (AvgIpc) is 2.61. The fourth-order valence-electron chi connectivity index (χ4n) is 2.32. The lowest BCUT2D eigenvalue weighted by Gasteiger charge is -2.18. The first-order valence-electron chi connectivity index (χ1n) is 8.35. The molecule has 0 heterocycles. The zero-order chi connectivity index (χ0) is 18.2. The van der Waals surface area contributed by atoms with Crippen LogP contribution in [0.15, 0.2) is 53.4 Å². The third-order valence-corrected chi connectivity index (χ3v) is 4.79. The first kappa shape index (κ1) is 19.2. The Morgan fingerprint density at radius 1 is 1.00 bits per heavy atom. The largest absolute Gasteiger partial charge is 0.494 e. The molecule has 0 radical (unpaired) electrons. The lowest BCUT2D eigenvalue weighted by molar-refractivity contribution is -0.127. The minimum absolute atomic E-state index is 0.121. The molecule has 5 heteroatoms. The van der Waals surface area contributed by atoms with Gasteiger partial charge in [0, 0.05) is 38.3 Å². The number of carbonyl (C=O) groups excluding carboxylic acids is 1. The summed E-state index contributed by atoms with van der Waals surface area (Å²) in [5.74, 6) is 1.41. The number of carbonyl (C=O) groups is 1. The van der Waals surface area contributed by atoms with E-state index >= 15 is 0 Å². The summed E-state index contributed by atoms with van der Waals surface area (Å²) in [5.41, 5.74) is 2.29. The highest BCUT2D eigenvalue weighted by Crippen LogP contribution is 2.22. The highest BCUT2D eigenvalue weighted by molar-refractivity contribution is 8.00. The van der Waals surface area contributed by atoms with Crippen molar-refractivity contribution in [3.05, 3.63) is 54.1 Å². The Labute approximate surface area is 154 Å². The number of ether oxygens (including phenoxy) is 1. The van der Waals surface area contributed by atoms with E-state index in [9.17, 15) is 4.79 Å². The minimum atomic E-state index is 0.121. The zero-order valence-corrected chi connectivity index (χ0v) is 16.2. The molecule has 0 bridgehead atoms. The molecule has 0 unspecified atom stereocenters. The van der Waals surface area contributed by atoms with Crippen LogP contribution in [0.5, 0.6) is 5.75 Å². The van der Waals surface area contributed by atoms with Crippen molar-refractivity contribution in [3.63, 3.8) is 0 Å². The van der Waals surface area contributed by atoms with E-state index in [2.05, 4.69) is 29.2 Å². The van der Waals surface area contributed by atoms with Gasteiger partial charge in [-0.05, 0) is 48.9 Å². The molecule has 0 aromatic heterocycles. The minimum Gasteiger partial charge on any atom is -0.494 e. The summed E-state index contributed by atoms with van der Waals surface area (Å²) < 4.78 is 5.43. The van der Waals surface area contributed by atoms with Crippen LogP contribution in [0.25, 0.3) is 0 Å². The molecule has 0 aliphatic rings. The van der Waals surface area contributed by atoms with Crippen LogP contribution in [0.2, 0.25) is 0 Å². The van der Waals surface area contributed by atoms with E-state index in [0.717, 1.165) is 21.9 Å². The third-order valence-electron chi connectivity index (χ3n) is 3.80. The first-order valence-corrected chi connectivity index (χ1v) is 9.34. The van der Waals surface area contributed by atoms with Gasteiger partial charge in [-0.1, -0.05) is 12.1 Å². The van der Waals surface area contributed by atoms with Crippen molar-refractivity contribution < 1.29 is 9.53 Å². The molecule has 2 aromatic rings. The van der Waals surface area contributed by atoms with E-state index in [1.807, 2.05) is 52.3 Å². The molecule has 0 fully saturated rings. The van der Waals surface area contributed by atoms with Crippen molar-refractivity contribution in [3.8, 4) is 5.75 Å². The fraction of sp³-hybridized carbons (Fsp3) is 0.350. The Bertz CT molecular complexity index is 669. The monoisotopic (exact) mass is 358 g/mol. The summed E-state index contributed by atoms with van der Waals surface area (Å²) in [7, 11) is 5.88. The number of thioether (sulfide) groups is 1. The van der Waals surface area contributed by atoms with Crippen LogP contribution in [-0.4, -0.2) is 44.3 Å². The highest BCUT2D eigenvalue weighted by Gasteiger charge is 2.10. The number of benzene rings is 2. The predicted molar refractivity (Wildman–Crippen MR) is 106 cm³/mol. The smallest absolute Gasteiger partial charge is 0.232 e. The SMILES string of the molecule is CCOc1ccc(SCC(=O)N(C)Cc2ccc(N(C)C)cc2)cc1. The van der Waals surface area contributed by atoms with Gasteiger partial charge in [-0.3, -0.25) is 4.79 Å². The van der Waals surface area contributed by atoms with Crippen molar-refractivity contribution >= 4 is 23.4 Å². The van der Waals surface area contributed by atoms with Gasteiger partial charge >= 0.3 is 0 Å². The molecule has 1 amide bonds. The molecule has 25 heavy (non-hydrogen) atoms. The van der Waals surface area contributed by atoms with E-state index in [-0.39, 0.29) is 5.91 Å². The van der Waals surface area contributed by atoms with E-state index in [0.29, 0.717) is 18.9 Å². The van der Waals surface area contributed by atoms with Gasteiger partial charge in [0.15, 0.2) is 0 Å². The molecule has 4 nitrogen and oxygen atoms in total. The van der Waals surface area contributed by atoms with Gasteiger partial charge in [0.1, 0.15) is 5.75 Å². The van der Waals surface area contributed by atoms with Crippen molar-refractivity contribution in [2.45, 2.75) is 18.4 Å². The van der Waals surface area contributed by atoms with E-state index in [4.69, 9.17) is 4.74 Å². The quantitative estimate of drug-likeness (QED) is 0.670. The molecule has 0 aliphatic heterocycles. The van der Waals surface area contributed by atoms with Gasteiger partial charge in [0.2, 0.25) is 5.91 Å². The summed E-state index contributed by atoms with van der Waals surface area (Å²) in [5, 5.41) is 0. The van der Waals surface area contributed by atoms with Crippen LogP contribution < -0.4 is 9.64 Å². The maximum absolute atomic E-state index is 12.3. The van der Waals surface area contributed by atoms with Crippen molar-refractivity contribution in [1.29, 1.82) is 0 Å². The lowest BCUT2D eigenvalue weighted by atomic mass is 10.2. The summed E-state index contributed by atoms with van der Waals surface area (Å²) in [4.78, 5) is 17.2. The molecular formula is C20H26N2O2S.